The molecule has 1 saturated carbocycles. The van der Waals surface area contributed by atoms with Gasteiger partial charge in [0.2, 0.25) is 0 Å². The number of carboxylic acid groups (broad SMARTS) is 1. The van der Waals surface area contributed by atoms with Gasteiger partial charge in [0.15, 0.2) is 0 Å². The number of carbonyl (C=O) groups is 2. The van der Waals surface area contributed by atoms with Gasteiger partial charge in [0.1, 0.15) is 11.4 Å². The predicted molar refractivity (Wildman–Crippen MR) is 69.3 cm³/mol. The minimum Gasteiger partial charge on any atom is -0.481 e. The Labute approximate surface area is 118 Å². The van der Waals surface area contributed by atoms with Gasteiger partial charge >= 0.3 is 5.97 Å². The number of hydrogen-bond acceptors (Lipinski definition) is 4. The first-order valence-electron chi connectivity index (χ1n) is 6.37. The molecule has 8 heteroatoms. The molecule has 2 atom stereocenters. The van der Waals surface area contributed by atoms with E-state index < -0.39 is 45.8 Å². The summed E-state index contributed by atoms with van der Waals surface area (Å²) in [6.07, 6.45) is 1.56. The molecule has 2 N–H and O–H groups in total. The van der Waals surface area contributed by atoms with Crippen molar-refractivity contribution in [3.05, 3.63) is 39.7 Å². The molecule has 0 aliphatic heterocycles. The van der Waals surface area contributed by atoms with Crippen LogP contribution in [0, 0.1) is 21.8 Å². The average molecular weight is 296 g/mol. The van der Waals surface area contributed by atoms with Crippen molar-refractivity contribution in [1.82, 2.24) is 5.32 Å². The van der Waals surface area contributed by atoms with Gasteiger partial charge in [-0.25, -0.2) is 4.39 Å². The Balaban J connectivity index is 2.22. The summed E-state index contributed by atoms with van der Waals surface area (Å²) in [5.74, 6) is -3.35. The summed E-state index contributed by atoms with van der Waals surface area (Å²) in [6, 6.07) is 1.98. The van der Waals surface area contributed by atoms with Crippen LogP contribution in [0.1, 0.15) is 29.6 Å². The summed E-state index contributed by atoms with van der Waals surface area (Å²) in [7, 11) is 0. The van der Waals surface area contributed by atoms with Crippen molar-refractivity contribution in [2.75, 3.05) is 0 Å². The molecule has 1 aliphatic rings. The van der Waals surface area contributed by atoms with Gasteiger partial charge < -0.3 is 10.4 Å². The molecule has 0 heterocycles. The van der Waals surface area contributed by atoms with Crippen LogP contribution < -0.4 is 5.32 Å². The van der Waals surface area contributed by atoms with Crippen LogP contribution in [0.4, 0.5) is 10.1 Å². The van der Waals surface area contributed by atoms with E-state index >= 15 is 0 Å². The lowest BCUT2D eigenvalue weighted by Crippen LogP contribution is -2.40. The maximum absolute atomic E-state index is 13.2. The summed E-state index contributed by atoms with van der Waals surface area (Å²) in [4.78, 5) is 33.2. The summed E-state index contributed by atoms with van der Waals surface area (Å²) >= 11 is 0. The number of nitro benzene ring substituents is 1. The number of aliphatic carboxylic acids is 1. The van der Waals surface area contributed by atoms with Crippen LogP contribution in [-0.2, 0) is 4.79 Å². The second-order valence-electron chi connectivity index (χ2n) is 4.87. The Hall–Kier alpha value is -2.51. The largest absolute Gasteiger partial charge is 0.481 e. The van der Waals surface area contributed by atoms with Gasteiger partial charge in [-0.15, -0.1) is 0 Å². The first-order valence-corrected chi connectivity index (χ1v) is 6.37. The zero-order valence-corrected chi connectivity index (χ0v) is 10.9. The van der Waals surface area contributed by atoms with Gasteiger partial charge in [-0.1, -0.05) is 6.42 Å². The molecule has 0 spiro atoms. The van der Waals surface area contributed by atoms with E-state index in [0.29, 0.717) is 19.3 Å². The lowest BCUT2D eigenvalue weighted by Gasteiger charge is -2.17. The fourth-order valence-corrected chi connectivity index (χ4v) is 2.52. The zero-order chi connectivity index (χ0) is 15.6. The molecule has 112 valence electrons. The fraction of sp³-hybridized carbons (Fsp3) is 0.385. The number of halogens is 1. The molecular formula is C13H13FN2O5. The Bertz CT molecular complexity index is 604. The molecule has 0 bridgehead atoms. The van der Waals surface area contributed by atoms with Gasteiger partial charge in [-0.3, -0.25) is 19.7 Å². The van der Waals surface area contributed by atoms with Gasteiger partial charge in [0.05, 0.1) is 10.8 Å². The van der Waals surface area contributed by atoms with Gasteiger partial charge in [-0.05, 0) is 25.0 Å². The molecule has 2 rings (SSSR count). The van der Waals surface area contributed by atoms with Crippen molar-refractivity contribution in [3.8, 4) is 0 Å². The Morgan fingerprint density at radius 3 is 2.71 bits per heavy atom. The van der Waals surface area contributed by atoms with E-state index in [-0.39, 0.29) is 0 Å². The summed E-state index contributed by atoms with van der Waals surface area (Å²) in [5.41, 5.74) is -0.921. The minimum atomic E-state index is -1.02. The number of carboxylic acids is 1. The first kappa shape index (κ1) is 14.9. The number of carbonyl (C=O) groups excluding carboxylic acids is 1. The van der Waals surface area contributed by atoms with E-state index in [4.69, 9.17) is 5.11 Å². The molecule has 0 aromatic heterocycles. The van der Waals surface area contributed by atoms with Crippen LogP contribution in [0.3, 0.4) is 0 Å². The average Bonchev–Trinajstić information content (AvgIpc) is 2.86. The number of nitrogens with one attached hydrogen (secondary N) is 1. The lowest BCUT2D eigenvalue weighted by atomic mass is 10.0. The molecule has 1 fully saturated rings. The maximum atomic E-state index is 13.2. The normalized spacial score (nSPS) is 21.0. The number of hydrogen-bond donors (Lipinski definition) is 2. The van der Waals surface area contributed by atoms with Crippen molar-refractivity contribution in [1.29, 1.82) is 0 Å². The van der Waals surface area contributed by atoms with Crippen LogP contribution in [-0.4, -0.2) is 27.9 Å². The van der Waals surface area contributed by atoms with Crippen LogP contribution >= 0.6 is 0 Å². The molecule has 0 saturated heterocycles. The minimum absolute atomic E-state index is 0.406. The number of nitrogens with zero attached hydrogens (tertiary/aromatic N) is 1. The van der Waals surface area contributed by atoms with Crippen molar-refractivity contribution < 1.29 is 24.0 Å². The standard InChI is InChI=1S/C13H13FN2O5/c14-7-4-5-11(16(20)21)9(6-7)12(17)15-10-3-1-2-8(10)13(18)19/h4-6,8,10H,1-3H2,(H,15,17)(H,18,19). The van der Waals surface area contributed by atoms with E-state index in [1.54, 1.807) is 0 Å². The van der Waals surface area contributed by atoms with E-state index in [1.165, 1.54) is 0 Å². The summed E-state index contributed by atoms with van der Waals surface area (Å²) in [6.45, 7) is 0. The number of benzene rings is 1. The summed E-state index contributed by atoms with van der Waals surface area (Å²) < 4.78 is 13.2. The van der Waals surface area contributed by atoms with Gasteiger partial charge in [0.25, 0.3) is 11.6 Å². The van der Waals surface area contributed by atoms with Crippen molar-refractivity contribution in [2.45, 2.75) is 25.3 Å². The third-order valence-electron chi connectivity index (χ3n) is 3.55. The Morgan fingerprint density at radius 1 is 1.38 bits per heavy atom. The van der Waals surface area contributed by atoms with Crippen molar-refractivity contribution in [3.63, 3.8) is 0 Å². The van der Waals surface area contributed by atoms with Crippen LogP contribution in [0.2, 0.25) is 0 Å². The molecule has 7 nitrogen and oxygen atoms in total. The Morgan fingerprint density at radius 2 is 2.10 bits per heavy atom. The number of rotatable bonds is 4. The van der Waals surface area contributed by atoms with Crippen molar-refractivity contribution >= 4 is 17.6 Å². The van der Waals surface area contributed by atoms with Gasteiger partial charge in [-0.2, -0.15) is 0 Å². The number of nitro groups is 1. The topological polar surface area (TPSA) is 110 Å². The van der Waals surface area contributed by atoms with Crippen LogP contribution in [0.5, 0.6) is 0 Å². The Kier molecular flexibility index (Phi) is 4.15. The fourth-order valence-electron chi connectivity index (χ4n) is 2.52. The molecule has 0 radical (unpaired) electrons. The van der Waals surface area contributed by atoms with Gasteiger partial charge in [0, 0.05) is 12.1 Å². The highest BCUT2D eigenvalue weighted by Crippen LogP contribution is 2.27. The number of amides is 1. The van der Waals surface area contributed by atoms with E-state index in [2.05, 4.69) is 5.32 Å². The molecule has 1 amide bonds. The molecule has 1 aliphatic carbocycles. The predicted octanol–water partition coefficient (Wildman–Crippen LogP) is 1.72. The second-order valence-corrected chi connectivity index (χ2v) is 4.87. The quantitative estimate of drug-likeness (QED) is 0.649. The van der Waals surface area contributed by atoms with Crippen LogP contribution in [0.15, 0.2) is 18.2 Å². The third kappa shape index (κ3) is 3.15. The monoisotopic (exact) mass is 296 g/mol. The highest BCUT2D eigenvalue weighted by atomic mass is 19.1. The SMILES string of the molecule is O=C(NC1CCCC1C(=O)O)c1cc(F)ccc1[N+](=O)[O-]. The lowest BCUT2D eigenvalue weighted by molar-refractivity contribution is -0.385. The zero-order valence-electron chi connectivity index (χ0n) is 10.9. The van der Waals surface area contributed by atoms with E-state index in [0.717, 1.165) is 18.2 Å². The molecule has 1 aromatic rings. The molecule has 2 unspecified atom stereocenters. The second kappa shape index (κ2) is 5.86. The van der Waals surface area contributed by atoms with E-state index in [1.807, 2.05) is 0 Å². The third-order valence-corrected chi connectivity index (χ3v) is 3.55. The molecule has 1 aromatic carbocycles. The van der Waals surface area contributed by atoms with Crippen molar-refractivity contribution in [2.24, 2.45) is 5.92 Å². The smallest absolute Gasteiger partial charge is 0.308 e. The summed E-state index contributed by atoms with van der Waals surface area (Å²) in [5, 5.41) is 22.3. The van der Waals surface area contributed by atoms with E-state index in [9.17, 15) is 24.1 Å². The highest BCUT2D eigenvalue weighted by Gasteiger charge is 2.35. The maximum Gasteiger partial charge on any atom is 0.308 e. The van der Waals surface area contributed by atoms with Crippen LogP contribution in [0.25, 0.3) is 0 Å². The highest BCUT2D eigenvalue weighted by molar-refractivity contribution is 5.98. The molecule has 21 heavy (non-hydrogen) atoms. The first-order chi connectivity index (χ1) is 9.90. The molecular weight excluding hydrogens is 283 g/mol.